The Balaban J connectivity index is -0.0000000720. The fraction of sp³-hybridized carbons (Fsp3) is 0.250. The van der Waals surface area contributed by atoms with E-state index in [1.54, 1.807) is 6.08 Å². The monoisotopic (exact) mass is 142 g/mol. The summed E-state index contributed by atoms with van der Waals surface area (Å²) in [4.78, 5) is 0. The summed E-state index contributed by atoms with van der Waals surface area (Å²) in [5, 5.41) is 0. The summed E-state index contributed by atoms with van der Waals surface area (Å²) < 4.78 is 24.1. The van der Waals surface area contributed by atoms with E-state index in [1.807, 2.05) is 6.92 Å². The fourth-order valence-electron chi connectivity index (χ4n) is 0. The van der Waals surface area contributed by atoms with Gasteiger partial charge in [0, 0.05) is 11.0 Å². The van der Waals surface area contributed by atoms with Gasteiger partial charge < -0.3 is 13.0 Å². The molecule has 0 atom stereocenters. The molecule has 0 aliphatic rings. The first-order valence-electron chi connectivity index (χ1n) is 1.74. The van der Waals surface area contributed by atoms with E-state index in [0.29, 0.717) is 0 Å². The molecule has 0 aliphatic carbocycles. The molecule has 0 saturated carbocycles. The van der Waals surface area contributed by atoms with E-state index >= 15 is 0 Å². The second-order valence-corrected chi connectivity index (χ2v) is 1.14. The zero-order valence-electron chi connectivity index (χ0n) is 5.46. The second kappa shape index (κ2) is 15.7. The molecule has 3 nitrogen and oxygen atoms in total. The summed E-state index contributed by atoms with van der Waals surface area (Å²) >= 11 is 0. The van der Waals surface area contributed by atoms with Gasteiger partial charge in [0.05, 0.1) is 0 Å². The molecular weight excluding hydrogens is 135 g/mol. The molecule has 0 rings (SSSR count). The molecule has 48 valence electrons. The van der Waals surface area contributed by atoms with Crippen molar-refractivity contribution < 1.29 is 31.8 Å². The number of hydrogen-bond acceptors (Lipinski definition) is 3. The third-order valence-corrected chi connectivity index (χ3v) is 0.204. The molecule has 9 heavy (non-hydrogen) atoms. The van der Waals surface area contributed by atoms with Crippen LogP contribution in [0.3, 0.4) is 0 Å². The van der Waals surface area contributed by atoms with Crippen LogP contribution in [0.5, 0.6) is 0 Å². The first-order chi connectivity index (χ1) is 3.65. The van der Waals surface area contributed by atoms with Gasteiger partial charge in [-0.3, -0.25) is 0 Å². The van der Waals surface area contributed by atoms with Gasteiger partial charge in [0.25, 0.3) is 0 Å². The van der Waals surface area contributed by atoms with E-state index in [4.69, 9.17) is 13.0 Å². The summed E-state index contributed by atoms with van der Waals surface area (Å²) in [6, 6.07) is 0. The molecule has 1 N–H and O–H groups in total. The van der Waals surface area contributed by atoms with Crippen molar-refractivity contribution in [2.75, 3.05) is 0 Å². The maximum absolute atomic E-state index is 8.56. The fourth-order valence-corrected chi connectivity index (χ4v) is 0. The van der Waals surface area contributed by atoms with Crippen molar-refractivity contribution in [2.24, 2.45) is 0 Å². The topological polar surface area (TPSA) is 54.4 Å². The van der Waals surface area contributed by atoms with Crippen molar-refractivity contribution in [3.8, 4) is 0 Å². The van der Waals surface area contributed by atoms with Gasteiger partial charge >= 0.3 is 18.9 Å². The van der Waals surface area contributed by atoms with E-state index in [0.717, 1.165) is 0 Å². The Morgan fingerprint density at radius 1 is 1.67 bits per heavy atom. The van der Waals surface area contributed by atoms with Gasteiger partial charge in [-0.1, -0.05) is 6.58 Å². The average Bonchev–Trinajstić information content (AvgIpc) is 1.65. The molecule has 0 aromatic carbocycles. The summed E-state index contributed by atoms with van der Waals surface area (Å²) in [6.45, 7) is 5.18. The molecule has 0 spiro atoms. The number of hydrogen-bond donors (Lipinski definition) is 1. The van der Waals surface area contributed by atoms with Crippen LogP contribution in [0.2, 0.25) is 0 Å². The first-order valence-corrected chi connectivity index (χ1v) is 2.77. The van der Waals surface area contributed by atoms with Crippen LogP contribution in [0.4, 0.5) is 0 Å². The van der Waals surface area contributed by atoms with Crippen LogP contribution in [0.15, 0.2) is 18.4 Å². The number of rotatable bonds is 0. The van der Waals surface area contributed by atoms with Gasteiger partial charge in [-0.05, 0) is 13.0 Å². The Hall–Kier alpha value is 0.0274. The molecular formula is C4H7LiO3S. The quantitative estimate of drug-likeness (QED) is 0.141. The molecule has 0 fully saturated rings. The normalized spacial score (nSPS) is 5.67. The Morgan fingerprint density at radius 2 is 1.78 bits per heavy atom. The van der Waals surface area contributed by atoms with Crippen molar-refractivity contribution >= 4 is 11.0 Å². The van der Waals surface area contributed by atoms with E-state index < -0.39 is 11.0 Å². The molecule has 0 radical (unpaired) electrons. The molecule has 0 aromatic rings. The summed E-state index contributed by atoms with van der Waals surface area (Å²) in [6.07, 6.45) is 1.76. The van der Waals surface area contributed by atoms with Gasteiger partial charge in [0.15, 0.2) is 0 Å². The van der Waals surface area contributed by atoms with E-state index in [-0.39, 0.29) is 18.9 Å². The third-order valence-electron chi connectivity index (χ3n) is 0.204. The molecule has 0 amide bonds. The molecule has 0 saturated heterocycles. The van der Waals surface area contributed by atoms with Crippen LogP contribution in [-0.4, -0.2) is 4.55 Å². The molecule has 0 unspecified atom stereocenters. The van der Waals surface area contributed by atoms with Gasteiger partial charge in [0.1, 0.15) is 0 Å². The third kappa shape index (κ3) is 276. The van der Waals surface area contributed by atoms with E-state index in [9.17, 15) is 0 Å². The number of allylic oxidation sites excluding steroid dienone is 1. The molecule has 0 aromatic heterocycles. The SMILES string of the molecule is C=C=CC.O=[S-](=O)O.[Li+]. The molecule has 0 aliphatic heterocycles. The average molecular weight is 142 g/mol. The van der Waals surface area contributed by atoms with Crippen molar-refractivity contribution in [3.63, 3.8) is 0 Å². The minimum atomic E-state index is -2.86. The predicted molar refractivity (Wildman–Crippen MR) is 30.8 cm³/mol. The maximum Gasteiger partial charge on any atom is 1.00 e. The van der Waals surface area contributed by atoms with Gasteiger partial charge in [-0.15, -0.1) is 5.73 Å². The smallest absolute Gasteiger partial charge is 0.439 e. The Labute approximate surface area is 68.4 Å². The van der Waals surface area contributed by atoms with Crippen LogP contribution in [0.1, 0.15) is 6.92 Å². The summed E-state index contributed by atoms with van der Waals surface area (Å²) in [5.41, 5.74) is 2.56. The van der Waals surface area contributed by atoms with Crippen LogP contribution < -0.4 is 18.9 Å². The Kier molecular flexibility index (Phi) is 27.9. The largest absolute Gasteiger partial charge is 1.00 e. The zero-order chi connectivity index (χ0) is 6.99. The molecule has 0 heterocycles. The predicted octanol–water partition coefficient (Wildman–Crippen LogP) is -1.88. The summed E-state index contributed by atoms with van der Waals surface area (Å²) in [7, 11) is -2.86. The van der Waals surface area contributed by atoms with Crippen molar-refractivity contribution in [3.05, 3.63) is 18.4 Å². The summed E-state index contributed by atoms with van der Waals surface area (Å²) in [5.74, 6) is 0. The van der Waals surface area contributed by atoms with Crippen LogP contribution in [0, 0.1) is 0 Å². The van der Waals surface area contributed by atoms with E-state index in [2.05, 4.69) is 12.3 Å². The van der Waals surface area contributed by atoms with Crippen molar-refractivity contribution in [1.29, 1.82) is 0 Å². The van der Waals surface area contributed by atoms with Gasteiger partial charge in [-0.25, -0.2) is 0 Å². The van der Waals surface area contributed by atoms with Crippen LogP contribution in [-0.2, 0) is 19.4 Å². The molecule has 5 heteroatoms. The van der Waals surface area contributed by atoms with Crippen LogP contribution >= 0.6 is 0 Å². The Morgan fingerprint density at radius 3 is 1.78 bits per heavy atom. The van der Waals surface area contributed by atoms with Crippen molar-refractivity contribution in [1.82, 2.24) is 0 Å². The molecule has 0 bridgehead atoms. The standard InChI is InChI=1S/C4H6.Li.HO3S/c1-3-4-2;;1-4(2)3/h4H,1H2,2H3;;(H,1,2,3)/q;+1;-1. The first kappa shape index (κ1) is 16.0. The minimum absolute atomic E-state index is 0. The van der Waals surface area contributed by atoms with Crippen molar-refractivity contribution in [2.45, 2.75) is 6.92 Å². The second-order valence-electron chi connectivity index (χ2n) is 0.710. The minimum Gasteiger partial charge on any atom is -0.439 e. The van der Waals surface area contributed by atoms with Gasteiger partial charge in [-0.2, -0.15) is 0 Å². The Bertz CT molecular complexity index is 138. The maximum atomic E-state index is 8.56. The van der Waals surface area contributed by atoms with Gasteiger partial charge in [0.2, 0.25) is 0 Å². The van der Waals surface area contributed by atoms with Crippen LogP contribution in [0.25, 0.3) is 0 Å². The van der Waals surface area contributed by atoms with E-state index in [1.165, 1.54) is 0 Å². The zero-order valence-corrected chi connectivity index (χ0v) is 6.27.